The number of aromatic nitrogens is 2. The van der Waals surface area contributed by atoms with Crippen LogP contribution in [0.3, 0.4) is 0 Å². The van der Waals surface area contributed by atoms with Gasteiger partial charge in [0.1, 0.15) is 0 Å². The number of hydrogen-bond donors (Lipinski definition) is 0. The zero-order valence-corrected chi connectivity index (χ0v) is 11.3. The first-order valence-corrected chi connectivity index (χ1v) is 6.74. The predicted molar refractivity (Wildman–Crippen MR) is 70.3 cm³/mol. The summed E-state index contributed by atoms with van der Waals surface area (Å²) in [5.41, 5.74) is 1.76. The molecule has 1 aromatic heterocycles. The first-order chi connectivity index (χ1) is 8.19. The van der Waals surface area contributed by atoms with Gasteiger partial charge in [-0.25, -0.2) is 0 Å². The van der Waals surface area contributed by atoms with Crippen LogP contribution in [0.25, 0.3) is 0 Å². The Morgan fingerprint density at radius 2 is 1.94 bits per heavy atom. The van der Waals surface area contributed by atoms with E-state index in [-0.39, 0.29) is 5.78 Å². The number of carbonyl (C=O) groups excluding carboxylic acids is 1. The van der Waals surface area contributed by atoms with Crippen molar-refractivity contribution in [2.45, 2.75) is 58.8 Å². The normalized spacial score (nSPS) is 10.8. The molecule has 0 aliphatic carbocycles. The SMILES string of the molecule is CCCCCCCC(=O)c1cn(C)nc1CC. The fraction of sp³-hybridized carbons (Fsp3) is 0.714. The van der Waals surface area contributed by atoms with Gasteiger partial charge in [-0.1, -0.05) is 39.5 Å². The standard InChI is InChI=1S/C14H24N2O/c1-4-6-7-8-9-10-14(17)12-11-16(3)15-13(12)5-2/h11H,4-10H2,1-3H3. The Bertz CT molecular complexity index is 355. The summed E-state index contributed by atoms with van der Waals surface area (Å²) in [4.78, 5) is 12.0. The third kappa shape index (κ3) is 4.33. The summed E-state index contributed by atoms with van der Waals surface area (Å²) >= 11 is 0. The van der Waals surface area contributed by atoms with Crippen LogP contribution in [0, 0.1) is 0 Å². The Kier molecular flexibility index (Phi) is 5.95. The second kappa shape index (κ2) is 7.25. The van der Waals surface area contributed by atoms with Crippen molar-refractivity contribution in [2.75, 3.05) is 0 Å². The van der Waals surface area contributed by atoms with Crippen LogP contribution in [0.4, 0.5) is 0 Å². The zero-order valence-electron chi connectivity index (χ0n) is 11.3. The summed E-state index contributed by atoms with van der Waals surface area (Å²) in [6.45, 7) is 4.24. The molecule has 3 heteroatoms. The number of rotatable bonds is 8. The van der Waals surface area contributed by atoms with E-state index in [1.165, 1.54) is 25.7 Å². The third-order valence-corrected chi connectivity index (χ3v) is 3.05. The maximum Gasteiger partial charge on any atom is 0.166 e. The van der Waals surface area contributed by atoms with E-state index in [2.05, 4.69) is 12.0 Å². The molecule has 1 rings (SSSR count). The highest BCUT2D eigenvalue weighted by atomic mass is 16.1. The molecule has 3 nitrogen and oxygen atoms in total. The van der Waals surface area contributed by atoms with Gasteiger partial charge in [0.25, 0.3) is 0 Å². The summed E-state index contributed by atoms with van der Waals surface area (Å²) in [6, 6.07) is 0. The quantitative estimate of drug-likeness (QED) is 0.511. The molecule has 0 spiro atoms. The van der Waals surface area contributed by atoms with Gasteiger partial charge in [0, 0.05) is 19.7 Å². The molecule has 0 amide bonds. The van der Waals surface area contributed by atoms with Crippen molar-refractivity contribution in [3.05, 3.63) is 17.5 Å². The third-order valence-electron chi connectivity index (χ3n) is 3.05. The van der Waals surface area contributed by atoms with Gasteiger partial charge in [0.05, 0.1) is 11.3 Å². The van der Waals surface area contributed by atoms with Crippen LogP contribution in [0.1, 0.15) is 68.4 Å². The van der Waals surface area contributed by atoms with Crippen LogP contribution in [-0.4, -0.2) is 15.6 Å². The van der Waals surface area contributed by atoms with Crippen LogP contribution in [0.2, 0.25) is 0 Å². The highest BCUT2D eigenvalue weighted by molar-refractivity contribution is 5.96. The molecule has 0 saturated heterocycles. The van der Waals surface area contributed by atoms with Crippen molar-refractivity contribution < 1.29 is 4.79 Å². The Morgan fingerprint density at radius 3 is 2.59 bits per heavy atom. The Balaban J connectivity index is 2.41. The number of ketones is 1. The number of aryl methyl sites for hydroxylation is 2. The predicted octanol–water partition coefficient (Wildman–Crippen LogP) is 3.53. The van der Waals surface area contributed by atoms with Gasteiger partial charge in [0.2, 0.25) is 0 Å². The van der Waals surface area contributed by atoms with Gasteiger partial charge < -0.3 is 0 Å². The topological polar surface area (TPSA) is 34.9 Å². The molecule has 0 aliphatic rings. The van der Waals surface area contributed by atoms with Gasteiger partial charge in [0.15, 0.2) is 5.78 Å². The van der Waals surface area contributed by atoms with E-state index in [1.807, 2.05) is 20.2 Å². The number of nitrogens with zero attached hydrogens (tertiary/aromatic N) is 2. The van der Waals surface area contributed by atoms with Crippen LogP contribution in [0.15, 0.2) is 6.20 Å². The van der Waals surface area contributed by atoms with Crippen molar-refractivity contribution in [1.82, 2.24) is 9.78 Å². The van der Waals surface area contributed by atoms with Crippen molar-refractivity contribution in [2.24, 2.45) is 7.05 Å². The van der Waals surface area contributed by atoms with Crippen molar-refractivity contribution in [1.29, 1.82) is 0 Å². The minimum absolute atomic E-state index is 0.256. The number of carbonyl (C=O) groups is 1. The average Bonchev–Trinajstić information content (AvgIpc) is 2.70. The summed E-state index contributed by atoms with van der Waals surface area (Å²) in [7, 11) is 1.87. The van der Waals surface area contributed by atoms with E-state index in [4.69, 9.17) is 0 Å². The highest BCUT2D eigenvalue weighted by Crippen LogP contribution is 2.13. The zero-order chi connectivity index (χ0) is 12.7. The first-order valence-electron chi connectivity index (χ1n) is 6.74. The van der Waals surface area contributed by atoms with Gasteiger partial charge in [-0.2, -0.15) is 5.10 Å². The lowest BCUT2D eigenvalue weighted by atomic mass is 10.0. The Hall–Kier alpha value is -1.12. The van der Waals surface area contributed by atoms with E-state index in [0.717, 1.165) is 24.1 Å². The monoisotopic (exact) mass is 236 g/mol. The second-order valence-electron chi connectivity index (χ2n) is 4.60. The largest absolute Gasteiger partial charge is 0.294 e. The van der Waals surface area contributed by atoms with Crippen molar-refractivity contribution >= 4 is 5.78 Å². The fourth-order valence-corrected chi connectivity index (χ4v) is 2.05. The molecular formula is C14H24N2O. The molecule has 0 unspecified atom stereocenters. The summed E-state index contributed by atoms with van der Waals surface area (Å²) < 4.78 is 1.74. The molecule has 0 atom stereocenters. The van der Waals surface area contributed by atoms with Crippen molar-refractivity contribution in [3.63, 3.8) is 0 Å². The van der Waals surface area contributed by atoms with E-state index in [9.17, 15) is 4.79 Å². The van der Waals surface area contributed by atoms with Crippen LogP contribution < -0.4 is 0 Å². The fourth-order valence-electron chi connectivity index (χ4n) is 2.05. The molecule has 1 heterocycles. The highest BCUT2D eigenvalue weighted by Gasteiger charge is 2.13. The van der Waals surface area contributed by atoms with Crippen LogP contribution in [-0.2, 0) is 13.5 Å². The minimum Gasteiger partial charge on any atom is -0.294 e. The molecule has 0 aliphatic heterocycles. The molecular weight excluding hydrogens is 212 g/mol. The summed E-state index contributed by atoms with van der Waals surface area (Å²) in [5, 5.41) is 4.30. The molecule has 1 aromatic rings. The smallest absolute Gasteiger partial charge is 0.166 e. The molecule has 96 valence electrons. The molecule has 0 saturated carbocycles. The van der Waals surface area contributed by atoms with Crippen LogP contribution >= 0.6 is 0 Å². The molecule has 17 heavy (non-hydrogen) atoms. The lowest BCUT2D eigenvalue weighted by molar-refractivity contribution is 0.0978. The second-order valence-corrected chi connectivity index (χ2v) is 4.60. The first kappa shape index (κ1) is 13.9. The Morgan fingerprint density at radius 1 is 1.24 bits per heavy atom. The van der Waals surface area contributed by atoms with Crippen LogP contribution in [0.5, 0.6) is 0 Å². The molecule has 0 radical (unpaired) electrons. The minimum atomic E-state index is 0.256. The van der Waals surface area contributed by atoms with Gasteiger partial charge in [-0.15, -0.1) is 0 Å². The maximum absolute atomic E-state index is 12.0. The van der Waals surface area contributed by atoms with Gasteiger partial charge >= 0.3 is 0 Å². The maximum atomic E-state index is 12.0. The lowest BCUT2D eigenvalue weighted by Gasteiger charge is -2.00. The molecule has 0 aromatic carbocycles. The van der Waals surface area contributed by atoms with Gasteiger partial charge in [-0.05, 0) is 12.8 Å². The number of unbranched alkanes of at least 4 members (excludes halogenated alkanes) is 4. The molecule has 0 bridgehead atoms. The molecule has 0 N–H and O–H groups in total. The number of hydrogen-bond acceptors (Lipinski definition) is 2. The summed E-state index contributed by atoms with van der Waals surface area (Å²) in [5.74, 6) is 0.256. The Labute approximate surface area is 104 Å². The molecule has 0 fully saturated rings. The van der Waals surface area contributed by atoms with E-state index < -0.39 is 0 Å². The lowest BCUT2D eigenvalue weighted by Crippen LogP contribution is -2.01. The van der Waals surface area contributed by atoms with E-state index >= 15 is 0 Å². The average molecular weight is 236 g/mol. The van der Waals surface area contributed by atoms with E-state index in [0.29, 0.717) is 6.42 Å². The van der Waals surface area contributed by atoms with E-state index in [1.54, 1.807) is 4.68 Å². The van der Waals surface area contributed by atoms with Gasteiger partial charge in [-0.3, -0.25) is 9.48 Å². The summed E-state index contributed by atoms with van der Waals surface area (Å²) in [6.07, 6.45) is 9.31. The number of Topliss-reactive ketones (excluding diaryl/α,β-unsaturated/α-hetero) is 1. The van der Waals surface area contributed by atoms with Crippen molar-refractivity contribution in [3.8, 4) is 0 Å².